The van der Waals surface area contributed by atoms with Crippen molar-refractivity contribution in [1.29, 1.82) is 0 Å². The fraction of sp³-hybridized carbons (Fsp3) is 0.636. The Labute approximate surface area is 79.6 Å². The van der Waals surface area contributed by atoms with Crippen LogP contribution in [0.3, 0.4) is 0 Å². The summed E-state index contributed by atoms with van der Waals surface area (Å²) in [7, 11) is 0. The molecule has 74 valence electrons. The second-order valence-corrected chi connectivity index (χ2v) is 3.92. The van der Waals surface area contributed by atoms with Gasteiger partial charge >= 0.3 is 0 Å². The largest absolute Gasteiger partial charge is 0.396 e. The fourth-order valence-electron chi connectivity index (χ4n) is 1.56. The highest BCUT2D eigenvalue weighted by Gasteiger charge is 2.21. The number of hydrogen-bond acceptors (Lipinski definition) is 2. The second-order valence-electron chi connectivity index (χ2n) is 3.92. The third-order valence-corrected chi connectivity index (χ3v) is 2.61. The van der Waals surface area contributed by atoms with Crippen molar-refractivity contribution in [3.05, 3.63) is 23.8 Å². The zero-order chi connectivity index (χ0) is 9.73. The Hall–Kier alpha value is -0.600. The molecule has 0 heterocycles. The summed E-state index contributed by atoms with van der Waals surface area (Å²) < 4.78 is 0. The van der Waals surface area contributed by atoms with Crippen molar-refractivity contribution in [2.24, 2.45) is 5.41 Å². The van der Waals surface area contributed by atoms with E-state index < -0.39 is 0 Å². The van der Waals surface area contributed by atoms with Crippen LogP contribution < -0.4 is 0 Å². The van der Waals surface area contributed by atoms with Gasteiger partial charge in [-0.25, -0.2) is 0 Å². The molecule has 2 N–H and O–H groups in total. The van der Waals surface area contributed by atoms with Crippen LogP contribution in [0.25, 0.3) is 0 Å². The molecule has 2 nitrogen and oxygen atoms in total. The summed E-state index contributed by atoms with van der Waals surface area (Å²) in [5, 5.41) is 17.6. The minimum absolute atomic E-state index is 0.119. The van der Waals surface area contributed by atoms with Crippen molar-refractivity contribution in [1.82, 2.24) is 0 Å². The van der Waals surface area contributed by atoms with Crippen LogP contribution in [-0.2, 0) is 0 Å². The second kappa shape index (κ2) is 4.58. The minimum Gasteiger partial charge on any atom is -0.396 e. The van der Waals surface area contributed by atoms with Gasteiger partial charge in [-0.3, -0.25) is 0 Å². The first-order valence-electron chi connectivity index (χ1n) is 4.80. The van der Waals surface area contributed by atoms with Crippen LogP contribution in [0.5, 0.6) is 0 Å². The van der Waals surface area contributed by atoms with E-state index in [9.17, 15) is 0 Å². The summed E-state index contributed by atoms with van der Waals surface area (Å²) >= 11 is 0. The van der Waals surface area contributed by atoms with Crippen molar-refractivity contribution in [3.63, 3.8) is 0 Å². The van der Waals surface area contributed by atoms with Crippen molar-refractivity contribution in [2.75, 3.05) is 13.2 Å². The predicted molar refractivity (Wildman–Crippen MR) is 53.4 cm³/mol. The van der Waals surface area contributed by atoms with E-state index in [-0.39, 0.29) is 18.6 Å². The molecule has 1 rings (SSSR count). The lowest BCUT2D eigenvalue weighted by molar-refractivity contribution is 0.230. The molecule has 1 aliphatic carbocycles. The molecule has 0 amide bonds. The lowest BCUT2D eigenvalue weighted by Gasteiger charge is -2.27. The third-order valence-electron chi connectivity index (χ3n) is 2.61. The quantitative estimate of drug-likeness (QED) is 0.694. The van der Waals surface area contributed by atoms with Gasteiger partial charge < -0.3 is 10.2 Å². The highest BCUT2D eigenvalue weighted by Crippen LogP contribution is 2.32. The van der Waals surface area contributed by atoms with E-state index in [1.165, 1.54) is 5.57 Å². The number of hydrogen-bond donors (Lipinski definition) is 2. The standard InChI is InChI=1S/C11H18O2/c1-11(7-9-13)5-2-10(3-6-11)4-8-12/h2-3,5,12-13H,4,6-9H2,1H3. The highest BCUT2D eigenvalue weighted by atomic mass is 16.3. The normalized spacial score (nSPS) is 27.5. The number of allylic oxidation sites excluding steroid dienone is 3. The Morgan fingerprint density at radius 3 is 2.62 bits per heavy atom. The molecular weight excluding hydrogens is 164 g/mol. The topological polar surface area (TPSA) is 40.5 Å². The van der Waals surface area contributed by atoms with Crippen LogP contribution in [0, 0.1) is 5.41 Å². The van der Waals surface area contributed by atoms with Gasteiger partial charge in [0.1, 0.15) is 0 Å². The first-order chi connectivity index (χ1) is 6.20. The summed E-state index contributed by atoms with van der Waals surface area (Å²) in [5.41, 5.74) is 1.33. The average molecular weight is 182 g/mol. The molecule has 1 unspecified atom stereocenters. The van der Waals surface area contributed by atoms with Gasteiger partial charge in [0.15, 0.2) is 0 Å². The van der Waals surface area contributed by atoms with Gasteiger partial charge in [0.25, 0.3) is 0 Å². The van der Waals surface area contributed by atoms with E-state index in [0.717, 1.165) is 19.3 Å². The van der Waals surface area contributed by atoms with Gasteiger partial charge in [0.2, 0.25) is 0 Å². The van der Waals surface area contributed by atoms with E-state index >= 15 is 0 Å². The van der Waals surface area contributed by atoms with E-state index in [2.05, 4.69) is 25.2 Å². The van der Waals surface area contributed by atoms with Crippen LogP contribution in [0.15, 0.2) is 23.8 Å². The van der Waals surface area contributed by atoms with E-state index in [4.69, 9.17) is 10.2 Å². The molecule has 1 atom stereocenters. The number of aliphatic hydroxyl groups is 2. The predicted octanol–water partition coefficient (Wildman–Crippen LogP) is 1.64. The molecule has 0 aromatic heterocycles. The zero-order valence-electron chi connectivity index (χ0n) is 8.16. The Bertz CT molecular complexity index is 218. The molecule has 0 aromatic carbocycles. The maximum atomic E-state index is 8.86. The first-order valence-corrected chi connectivity index (χ1v) is 4.80. The van der Waals surface area contributed by atoms with Gasteiger partial charge in [-0.05, 0) is 30.3 Å². The lowest BCUT2D eigenvalue weighted by Crippen LogP contribution is -2.16. The van der Waals surface area contributed by atoms with Gasteiger partial charge in [0.05, 0.1) is 0 Å². The number of aliphatic hydroxyl groups excluding tert-OH is 2. The minimum atomic E-state index is 0.119. The van der Waals surface area contributed by atoms with E-state index in [0.29, 0.717) is 0 Å². The van der Waals surface area contributed by atoms with Crippen molar-refractivity contribution >= 4 is 0 Å². The Kier molecular flexibility index (Phi) is 3.70. The van der Waals surface area contributed by atoms with Crippen LogP contribution in [-0.4, -0.2) is 23.4 Å². The molecule has 13 heavy (non-hydrogen) atoms. The van der Waals surface area contributed by atoms with E-state index in [1.807, 2.05) is 0 Å². The van der Waals surface area contributed by atoms with Gasteiger partial charge in [0, 0.05) is 13.2 Å². The molecule has 0 radical (unpaired) electrons. The average Bonchev–Trinajstić information content (AvgIpc) is 2.10. The summed E-state index contributed by atoms with van der Waals surface area (Å²) in [4.78, 5) is 0. The van der Waals surface area contributed by atoms with Crippen LogP contribution in [0.2, 0.25) is 0 Å². The van der Waals surface area contributed by atoms with Gasteiger partial charge in [-0.15, -0.1) is 0 Å². The molecule has 0 bridgehead atoms. The molecular formula is C11H18O2. The van der Waals surface area contributed by atoms with Crippen LogP contribution in [0.4, 0.5) is 0 Å². The molecule has 2 heteroatoms. The summed E-state index contributed by atoms with van der Waals surface area (Å²) in [6, 6.07) is 0. The molecule has 0 saturated heterocycles. The first kappa shape index (κ1) is 10.5. The van der Waals surface area contributed by atoms with Crippen molar-refractivity contribution in [3.8, 4) is 0 Å². The third kappa shape index (κ3) is 2.98. The van der Waals surface area contributed by atoms with E-state index in [1.54, 1.807) is 0 Å². The lowest BCUT2D eigenvalue weighted by atomic mass is 9.79. The highest BCUT2D eigenvalue weighted by molar-refractivity contribution is 5.26. The summed E-state index contributed by atoms with van der Waals surface area (Å²) in [6.07, 6.45) is 8.90. The Morgan fingerprint density at radius 2 is 2.15 bits per heavy atom. The molecule has 0 fully saturated rings. The van der Waals surface area contributed by atoms with Crippen LogP contribution >= 0.6 is 0 Å². The molecule has 0 spiro atoms. The van der Waals surface area contributed by atoms with Crippen LogP contribution in [0.1, 0.15) is 26.2 Å². The Balaban J connectivity index is 2.51. The molecule has 0 aliphatic heterocycles. The maximum Gasteiger partial charge on any atom is 0.0471 e. The maximum absolute atomic E-state index is 8.86. The smallest absolute Gasteiger partial charge is 0.0471 e. The van der Waals surface area contributed by atoms with Gasteiger partial charge in [-0.2, -0.15) is 0 Å². The molecule has 0 saturated carbocycles. The monoisotopic (exact) mass is 182 g/mol. The molecule has 1 aliphatic rings. The summed E-state index contributed by atoms with van der Waals surface area (Å²) in [6.45, 7) is 2.60. The van der Waals surface area contributed by atoms with Gasteiger partial charge in [-0.1, -0.05) is 25.2 Å². The molecule has 0 aromatic rings. The Morgan fingerprint density at radius 1 is 1.38 bits per heavy atom. The summed E-state index contributed by atoms with van der Waals surface area (Å²) in [5.74, 6) is 0. The van der Waals surface area contributed by atoms with Crippen molar-refractivity contribution in [2.45, 2.75) is 26.2 Å². The zero-order valence-corrected chi connectivity index (χ0v) is 8.16. The van der Waals surface area contributed by atoms with Crippen molar-refractivity contribution < 1.29 is 10.2 Å². The SMILES string of the molecule is CC1(CCO)C=CC(CCO)=CC1. The number of rotatable bonds is 4. The fourth-order valence-corrected chi connectivity index (χ4v) is 1.56.